The molecular formula is C21H35IN4. The van der Waals surface area contributed by atoms with Crippen molar-refractivity contribution in [2.24, 2.45) is 4.99 Å². The summed E-state index contributed by atoms with van der Waals surface area (Å²) in [5.74, 6) is 0.956. The number of nitrogens with zero attached hydrogens (tertiary/aromatic N) is 2. The summed E-state index contributed by atoms with van der Waals surface area (Å²) in [7, 11) is 4.18. The first kappa shape index (κ1) is 21.5. The van der Waals surface area contributed by atoms with Crippen LogP contribution in [-0.4, -0.2) is 49.6 Å². The number of guanidine groups is 1. The minimum absolute atomic E-state index is 0. The van der Waals surface area contributed by atoms with Gasteiger partial charge in [0.1, 0.15) is 0 Å². The molecule has 2 saturated heterocycles. The van der Waals surface area contributed by atoms with Crippen molar-refractivity contribution in [1.29, 1.82) is 0 Å². The number of hydrogen-bond acceptors (Lipinski definition) is 2. The van der Waals surface area contributed by atoms with E-state index < -0.39 is 0 Å². The van der Waals surface area contributed by atoms with Crippen LogP contribution in [0.4, 0.5) is 0 Å². The smallest absolute Gasteiger partial charge is 0.191 e. The first-order chi connectivity index (χ1) is 12.2. The molecule has 5 heteroatoms. The highest BCUT2D eigenvalue weighted by Gasteiger charge is 2.36. The first-order valence-corrected chi connectivity index (χ1v) is 9.96. The van der Waals surface area contributed by atoms with Crippen LogP contribution in [0.5, 0.6) is 0 Å². The summed E-state index contributed by atoms with van der Waals surface area (Å²) >= 11 is 0. The highest BCUT2D eigenvalue weighted by Crippen LogP contribution is 2.32. The van der Waals surface area contributed by atoms with E-state index in [2.05, 4.69) is 58.8 Å². The average Bonchev–Trinajstić information content (AvgIpc) is 2.62. The maximum absolute atomic E-state index is 4.43. The van der Waals surface area contributed by atoms with Gasteiger partial charge in [0, 0.05) is 31.7 Å². The predicted octanol–water partition coefficient (Wildman–Crippen LogP) is 3.59. The largest absolute Gasteiger partial charge is 0.356 e. The number of piperidine rings is 2. The summed E-state index contributed by atoms with van der Waals surface area (Å²) in [4.78, 5) is 7.04. The van der Waals surface area contributed by atoms with Gasteiger partial charge in [-0.05, 0) is 56.7 Å². The highest BCUT2D eigenvalue weighted by molar-refractivity contribution is 14.0. The van der Waals surface area contributed by atoms with Crippen molar-refractivity contribution in [3.63, 3.8) is 0 Å². The van der Waals surface area contributed by atoms with Crippen molar-refractivity contribution in [1.82, 2.24) is 15.5 Å². The quantitative estimate of drug-likeness (QED) is 0.393. The lowest BCUT2D eigenvalue weighted by Gasteiger charge is -2.47. The van der Waals surface area contributed by atoms with Crippen molar-refractivity contribution in [3.8, 4) is 0 Å². The molecule has 2 aliphatic rings. The number of halogens is 1. The molecule has 0 amide bonds. The van der Waals surface area contributed by atoms with Gasteiger partial charge in [-0.2, -0.15) is 0 Å². The molecule has 0 aliphatic carbocycles. The Morgan fingerprint density at radius 2 is 1.73 bits per heavy atom. The van der Waals surface area contributed by atoms with E-state index in [0.29, 0.717) is 6.04 Å². The van der Waals surface area contributed by atoms with Crippen LogP contribution < -0.4 is 10.6 Å². The second kappa shape index (κ2) is 10.5. The SMILES string of the molecule is CCc1ccc(CCNC(=NC)NC2CC3CCCC(C2)N3C)cc1.I. The zero-order chi connectivity index (χ0) is 17.6. The Morgan fingerprint density at radius 3 is 2.31 bits per heavy atom. The lowest BCUT2D eigenvalue weighted by molar-refractivity contribution is 0.0526. The van der Waals surface area contributed by atoms with Gasteiger partial charge in [-0.1, -0.05) is 37.6 Å². The maximum atomic E-state index is 4.43. The monoisotopic (exact) mass is 470 g/mol. The van der Waals surface area contributed by atoms with Gasteiger partial charge in [-0.25, -0.2) is 0 Å². The molecule has 0 radical (unpaired) electrons. The van der Waals surface area contributed by atoms with Crippen LogP contribution in [0.15, 0.2) is 29.3 Å². The normalized spacial score (nSPS) is 26.1. The van der Waals surface area contributed by atoms with E-state index in [-0.39, 0.29) is 24.0 Å². The highest BCUT2D eigenvalue weighted by atomic mass is 127. The molecule has 2 unspecified atom stereocenters. The molecule has 26 heavy (non-hydrogen) atoms. The number of aryl methyl sites for hydroxylation is 1. The molecule has 0 aromatic heterocycles. The zero-order valence-corrected chi connectivity index (χ0v) is 18.8. The Labute approximate surface area is 176 Å². The van der Waals surface area contributed by atoms with E-state index in [1.165, 1.54) is 43.2 Å². The molecule has 3 rings (SSSR count). The Bertz CT molecular complexity index is 558. The third kappa shape index (κ3) is 5.59. The summed E-state index contributed by atoms with van der Waals surface area (Å²) in [6.07, 6.45) is 8.72. The summed E-state index contributed by atoms with van der Waals surface area (Å²) in [5, 5.41) is 7.17. The molecule has 146 valence electrons. The van der Waals surface area contributed by atoms with Gasteiger partial charge in [-0.15, -0.1) is 24.0 Å². The fourth-order valence-electron chi connectivity index (χ4n) is 4.39. The summed E-state index contributed by atoms with van der Waals surface area (Å²) in [6, 6.07) is 11.0. The number of benzene rings is 1. The number of nitrogens with one attached hydrogen (secondary N) is 2. The van der Waals surface area contributed by atoms with Crippen molar-refractivity contribution in [2.75, 3.05) is 20.6 Å². The third-order valence-electron chi connectivity index (χ3n) is 6.04. The van der Waals surface area contributed by atoms with Crippen molar-refractivity contribution in [3.05, 3.63) is 35.4 Å². The van der Waals surface area contributed by atoms with Gasteiger partial charge in [0.25, 0.3) is 0 Å². The second-order valence-corrected chi connectivity index (χ2v) is 7.64. The molecule has 1 aromatic rings. The van der Waals surface area contributed by atoms with E-state index in [9.17, 15) is 0 Å². The van der Waals surface area contributed by atoms with Gasteiger partial charge >= 0.3 is 0 Å². The third-order valence-corrected chi connectivity index (χ3v) is 6.04. The van der Waals surface area contributed by atoms with Gasteiger partial charge in [0.2, 0.25) is 0 Å². The van der Waals surface area contributed by atoms with E-state index in [0.717, 1.165) is 37.4 Å². The van der Waals surface area contributed by atoms with Crippen LogP contribution in [-0.2, 0) is 12.8 Å². The lowest BCUT2D eigenvalue weighted by atomic mass is 9.82. The van der Waals surface area contributed by atoms with Gasteiger partial charge in [-0.3, -0.25) is 4.99 Å². The van der Waals surface area contributed by atoms with Crippen molar-refractivity contribution >= 4 is 29.9 Å². The minimum Gasteiger partial charge on any atom is -0.356 e. The van der Waals surface area contributed by atoms with E-state index >= 15 is 0 Å². The van der Waals surface area contributed by atoms with Crippen LogP contribution in [0, 0.1) is 0 Å². The fourth-order valence-corrected chi connectivity index (χ4v) is 4.39. The topological polar surface area (TPSA) is 39.7 Å². The van der Waals surface area contributed by atoms with E-state index in [1.807, 2.05) is 7.05 Å². The molecule has 4 nitrogen and oxygen atoms in total. The Balaban J connectivity index is 0.00000243. The van der Waals surface area contributed by atoms with Crippen molar-refractivity contribution < 1.29 is 0 Å². The van der Waals surface area contributed by atoms with Gasteiger partial charge in [0.15, 0.2) is 5.96 Å². The van der Waals surface area contributed by atoms with Crippen LogP contribution in [0.1, 0.15) is 50.2 Å². The summed E-state index contributed by atoms with van der Waals surface area (Å²) in [5.41, 5.74) is 2.79. The standard InChI is InChI=1S/C21H34N4.HI/c1-4-16-8-10-17(11-9-16)12-13-23-21(22-2)24-18-14-19-6-5-7-20(15-18)25(19)3;/h8-11,18-20H,4-7,12-15H2,1-3H3,(H2,22,23,24);1H. The molecule has 2 atom stereocenters. The van der Waals surface area contributed by atoms with Crippen molar-refractivity contribution in [2.45, 2.75) is 70.0 Å². The lowest BCUT2D eigenvalue weighted by Crippen LogP contribution is -2.56. The molecule has 2 fully saturated rings. The summed E-state index contributed by atoms with van der Waals surface area (Å²) in [6.45, 7) is 3.12. The number of aliphatic imine (C=N–C) groups is 1. The minimum atomic E-state index is 0. The molecule has 0 spiro atoms. The molecule has 2 heterocycles. The molecule has 2 bridgehead atoms. The van der Waals surface area contributed by atoms with Crippen LogP contribution >= 0.6 is 24.0 Å². The number of fused-ring (bicyclic) bond motifs is 2. The van der Waals surface area contributed by atoms with Crippen LogP contribution in [0.2, 0.25) is 0 Å². The van der Waals surface area contributed by atoms with E-state index in [4.69, 9.17) is 0 Å². The zero-order valence-electron chi connectivity index (χ0n) is 16.5. The van der Waals surface area contributed by atoms with Gasteiger partial charge < -0.3 is 15.5 Å². The second-order valence-electron chi connectivity index (χ2n) is 7.64. The molecule has 1 aromatic carbocycles. The molecule has 2 aliphatic heterocycles. The van der Waals surface area contributed by atoms with E-state index in [1.54, 1.807) is 0 Å². The first-order valence-electron chi connectivity index (χ1n) is 9.96. The maximum Gasteiger partial charge on any atom is 0.191 e. The summed E-state index contributed by atoms with van der Waals surface area (Å²) < 4.78 is 0. The van der Waals surface area contributed by atoms with Crippen LogP contribution in [0.3, 0.4) is 0 Å². The average molecular weight is 470 g/mol. The molecular weight excluding hydrogens is 435 g/mol. The predicted molar refractivity (Wildman–Crippen MR) is 122 cm³/mol. The number of rotatable bonds is 5. The Hall–Kier alpha value is -0.820. The van der Waals surface area contributed by atoms with Crippen LogP contribution in [0.25, 0.3) is 0 Å². The fraction of sp³-hybridized carbons (Fsp3) is 0.667. The number of hydrogen-bond donors (Lipinski definition) is 2. The Kier molecular flexibility index (Phi) is 8.67. The van der Waals surface area contributed by atoms with Gasteiger partial charge in [0.05, 0.1) is 0 Å². The molecule has 2 N–H and O–H groups in total. The Morgan fingerprint density at radius 1 is 1.12 bits per heavy atom. The molecule has 0 saturated carbocycles.